The van der Waals surface area contributed by atoms with Crippen molar-refractivity contribution in [1.82, 2.24) is 5.32 Å². The smallest absolute Gasteiger partial charge is 0.119 e. The SMILES string of the molecule is COc1ccc2c(c1)CCCC2NC1CCC(C)(C)CC1. The second-order valence-corrected chi connectivity index (χ2v) is 7.61. The highest BCUT2D eigenvalue weighted by Crippen LogP contribution is 2.38. The first kappa shape index (κ1) is 14.9. The van der Waals surface area contributed by atoms with Gasteiger partial charge in [0.25, 0.3) is 0 Å². The van der Waals surface area contributed by atoms with Gasteiger partial charge in [-0.1, -0.05) is 19.9 Å². The van der Waals surface area contributed by atoms with E-state index in [-0.39, 0.29) is 0 Å². The fraction of sp³-hybridized carbons (Fsp3) is 0.684. The lowest BCUT2D eigenvalue weighted by atomic mass is 9.75. The van der Waals surface area contributed by atoms with Crippen LogP contribution in [0.5, 0.6) is 5.75 Å². The molecule has 1 aromatic carbocycles. The predicted octanol–water partition coefficient (Wildman–Crippen LogP) is 4.63. The number of methoxy groups -OCH3 is 1. The van der Waals surface area contributed by atoms with Crippen molar-refractivity contribution in [1.29, 1.82) is 0 Å². The highest BCUT2D eigenvalue weighted by molar-refractivity contribution is 5.39. The van der Waals surface area contributed by atoms with E-state index in [4.69, 9.17) is 4.74 Å². The number of benzene rings is 1. The second-order valence-electron chi connectivity index (χ2n) is 7.61. The molecule has 1 unspecified atom stereocenters. The van der Waals surface area contributed by atoms with Crippen LogP contribution in [0.2, 0.25) is 0 Å². The van der Waals surface area contributed by atoms with Crippen LogP contribution in [0.4, 0.5) is 0 Å². The molecule has 0 aromatic heterocycles. The minimum atomic E-state index is 0.547. The molecule has 0 spiro atoms. The van der Waals surface area contributed by atoms with E-state index in [0.29, 0.717) is 17.5 Å². The van der Waals surface area contributed by atoms with Gasteiger partial charge in [0.05, 0.1) is 7.11 Å². The van der Waals surface area contributed by atoms with E-state index in [1.807, 2.05) is 0 Å². The number of fused-ring (bicyclic) bond motifs is 1. The van der Waals surface area contributed by atoms with Gasteiger partial charge in [-0.05, 0) is 73.6 Å². The van der Waals surface area contributed by atoms with Gasteiger partial charge in [-0.2, -0.15) is 0 Å². The van der Waals surface area contributed by atoms with Crippen LogP contribution in [0.1, 0.15) is 69.5 Å². The molecular weight excluding hydrogens is 258 g/mol. The molecular formula is C19H29NO. The first-order chi connectivity index (χ1) is 10.1. The van der Waals surface area contributed by atoms with Gasteiger partial charge in [-0.3, -0.25) is 0 Å². The molecule has 0 saturated heterocycles. The summed E-state index contributed by atoms with van der Waals surface area (Å²) in [6, 6.07) is 7.87. The van der Waals surface area contributed by atoms with Crippen molar-refractivity contribution in [2.75, 3.05) is 7.11 Å². The van der Waals surface area contributed by atoms with Crippen molar-refractivity contribution < 1.29 is 4.74 Å². The lowest BCUT2D eigenvalue weighted by Crippen LogP contribution is -2.38. The van der Waals surface area contributed by atoms with Crippen LogP contribution in [0.3, 0.4) is 0 Å². The van der Waals surface area contributed by atoms with Crippen LogP contribution in [0.15, 0.2) is 18.2 Å². The van der Waals surface area contributed by atoms with E-state index in [1.165, 1.54) is 56.1 Å². The van der Waals surface area contributed by atoms with Crippen molar-refractivity contribution in [3.8, 4) is 5.75 Å². The number of hydrogen-bond donors (Lipinski definition) is 1. The molecule has 0 amide bonds. The molecule has 0 aliphatic heterocycles. The molecule has 1 saturated carbocycles. The van der Waals surface area contributed by atoms with Gasteiger partial charge in [0.2, 0.25) is 0 Å². The molecule has 0 bridgehead atoms. The molecule has 1 atom stereocenters. The maximum Gasteiger partial charge on any atom is 0.119 e. The van der Waals surface area contributed by atoms with Gasteiger partial charge in [0.15, 0.2) is 0 Å². The molecule has 2 aliphatic carbocycles. The van der Waals surface area contributed by atoms with Crippen molar-refractivity contribution in [2.45, 2.75) is 70.9 Å². The summed E-state index contributed by atoms with van der Waals surface area (Å²) in [4.78, 5) is 0. The molecule has 2 nitrogen and oxygen atoms in total. The normalized spacial score (nSPS) is 25.4. The van der Waals surface area contributed by atoms with Gasteiger partial charge >= 0.3 is 0 Å². The number of nitrogens with one attached hydrogen (secondary N) is 1. The van der Waals surface area contributed by atoms with Crippen LogP contribution in [0.25, 0.3) is 0 Å². The Morgan fingerprint density at radius 1 is 1.14 bits per heavy atom. The Bertz CT molecular complexity index is 484. The Kier molecular flexibility index (Phi) is 4.26. The minimum Gasteiger partial charge on any atom is -0.497 e. The third kappa shape index (κ3) is 3.42. The third-order valence-electron chi connectivity index (χ3n) is 5.44. The van der Waals surface area contributed by atoms with Crippen LogP contribution in [0, 0.1) is 5.41 Å². The van der Waals surface area contributed by atoms with Gasteiger partial charge in [0.1, 0.15) is 5.75 Å². The highest BCUT2D eigenvalue weighted by atomic mass is 16.5. The zero-order valence-electron chi connectivity index (χ0n) is 13.7. The van der Waals surface area contributed by atoms with E-state index in [1.54, 1.807) is 7.11 Å². The number of aryl methyl sites for hydroxylation is 1. The van der Waals surface area contributed by atoms with E-state index < -0.39 is 0 Å². The molecule has 0 radical (unpaired) electrons. The average Bonchev–Trinajstić information content (AvgIpc) is 2.49. The molecule has 116 valence electrons. The Balaban J connectivity index is 1.68. The van der Waals surface area contributed by atoms with Crippen LogP contribution in [-0.2, 0) is 6.42 Å². The molecule has 1 aromatic rings. The van der Waals surface area contributed by atoms with Crippen molar-refractivity contribution in [3.63, 3.8) is 0 Å². The van der Waals surface area contributed by atoms with Crippen molar-refractivity contribution >= 4 is 0 Å². The molecule has 1 fully saturated rings. The maximum absolute atomic E-state index is 5.37. The number of rotatable bonds is 3. The monoisotopic (exact) mass is 287 g/mol. The molecule has 1 N–H and O–H groups in total. The molecule has 0 heterocycles. The van der Waals surface area contributed by atoms with Crippen LogP contribution in [-0.4, -0.2) is 13.2 Å². The summed E-state index contributed by atoms with van der Waals surface area (Å²) in [6.45, 7) is 4.82. The molecule has 2 aliphatic rings. The lowest BCUT2D eigenvalue weighted by Gasteiger charge is -2.38. The van der Waals surface area contributed by atoms with Gasteiger partial charge in [-0.15, -0.1) is 0 Å². The zero-order valence-corrected chi connectivity index (χ0v) is 13.7. The zero-order chi connectivity index (χ0) is 14.9. The standard InChI is InChI=1S/C19H29NO/c1-19(2)11-9-15(10-12-19)20-18-6-4-5-14-13-16(21-3)7-8-17(14)18/h7-8,13,15,18,20H,4-6,9-12H2,1-3H3. The quantitative estimate of drug-likeness (QED) is 0.875. The second kappa shape index (κ2) is 6.00. The Hall–Kier alpha value is -1.02. The largest absolute Gasteiger partial charge is 0.497 e. The Morgan fingerprint density at radius 2 is 1.90 bits per heavy atom. The maximum atomic E-state index is 5.37. The molecule has 3 rings (SSSR count). The topological polar surface area (TPSA) is 21.3 Å². The van der Waals surface area contributed by atoms with Crippen molar-refractivity contribution in [2.24, 2.45) is 5.41 Å². The molecule has 2 heteroatoms. The summed E-state index contributed by atoms with van der Waals surface area (Å²) >= 11 is 0. The lowest BCUT2D eigenvalue weighted by molar-refractivity contribution is 0.195. The summed E-state index contributed by atoms with van der Waals surface area (Å²) in [5.41, 5.74) is 3.54. The summed E-state index contributed by atoms with van der Waals surface area (Å²) in [5.74, 6) is 0.994. The first-order valence-electron chi connectivity index (χ1n) is 8.50. The first-order valence-corrected chi connectivity index (χ1v) is 8.50. The summed E-state index contributed by atoms with van der Waals surface area (Å²) in [7, 11) is 1.75. The molecule has 21 heavy (non-hydrogen) atoms. The van der Waals surface area contributed by atoms with Crippen LogP contribution < -0.4 is 10.1 Å². The van der Waals surface area contributed by atoms with E-state index in [2.05, 4.69) is 37.4 Å². The number of hydrogen-bond acceptors (Lipinski definition) is 2. The Labute approximate surface area is 129 Å². The van der Waals surface area contributed by atoms with E-state index in [9.17, 15) is 0 Å². The third-order valence-corrected chi connectivity index (χ3v) is 5.44. The van der Waals surface area contributed by atoms with Gasteiger partial charge < -0.3 is 10.1 Å². The highest BCUT2D eigenvalue weighted by Gasteiger charge is 2.29. The van der Waals surface area contributed by atoms with Gasteiger partial charge in [0, 0.05) is 12.1 Å². The fourth-order valence-electron chi connectivity index (χ4n) is 3.94. The fourth-order valence-corrected chi connectivity index (χ4v) is 3.94. The van der Waals surface area contributed by atoms with Crippen molar-refractivity contribution in [3.05, 3.63) is 29.3 Å². The van der Waals surface area contributed by atoms with Gasteiger partial charge in [-0.25, -0.2) is 0 Å². The summed E-state index contributed by atoms with van der Waals surface area (Å²) in [5, 5.41) is 3.95. The minimum absolute atomic E-state index is 0.547. The average molecular weight is 287 g/mol. The predicted molar refractivity (Wildman–Crippen MR) is 87.8 cm³/mol. The van der Waals surface area contributed by atoms with E-state index in [0.717, 1.165) is 5.75 Å². The number of ether oxygens (including phenoxy) is 1. The van der Waals surface area contributed by atoms with E-state index >= 15 is 0 Å². The summed E-state index contributed by atoms with van der Waals surface area (Å²) < 4.78 is 5.37. The van der Waals surface area contributed by atoms with Crippen LogP contribution >= 0.6 is 0 Å². The Morgan fingerprint density at radius 3 is 2.62 bits per heavy atom. The summed E-state index contributed by atoms with van der Waals surface area (Å²) in [6.07, 6.45) is 9.13.